The third-order valence-electron chi connectivity index (χ3n) is 5.90. The van der Waals surface area contributed by atoms with E-state index < -0.39 is 0 Å². The molecule has 0 saturated carbocycles. The van der Waals surface area contributed by atoms with Gasteiger partial charge in [-0.2, -0.15) is 5.10 Å². The van der Waals surface area contributed by atoms with Crippen LogP contribution in [-0.4, -0.2) is 58.3 Å². The Morgan fingerprint density at radius 2 is 1.97 bits per heavy atom. The molecular formula is C24H23FN6O2. The Balaban J connectivity index is 1.66. The fourth-order valence-electron chi connectivity index (χ4n) is 4.29. The molecule has 5 rings (SSSR count). The molecule has 4 aromatic rings. The average Bonchev–Trinajstić information content (AvgIpc) is 3.43. The number of hydrogen-bond acceptors (Lipinski definition) is 6. The van der Waals surface area contributed by atoms with E-state index in [1.54, 1.807) is 68.5 Å². The first-order chi connectivity index (χ1) is 15.9. The van der Waals surface area contributed by atoms with Gasteiger partial charge in [0.15, 0.2) is 5.69 Å². The maximum Gasteiger partial charge on any atom is 0.273 e. The maximum absolute atomic E-state index is 14.9. The number of carbonyl (C=O) groups excluding carboxylic acids is 1. The molecule has 1 amide bonds. The van der Waals surface area contributed by atoms with Crippen LogP contribution in [0.5, 0.6) is 5.75 Å². The molecule has 33 heavy (non-hydrogen) atoms. The number of carbonyl (C=O) groups is 1. The SMILES string of the molecule is CN(C)C(=O)c1cc(-c2cnc(N(C)c3c(F)ccc4c3CCO4)c3cnccc23)n(C)n1. The van der Waals surface area contributed by atoms with Crippen molar-refractivity contribution in [1.29, 1.82) is 0 Å². The molecule has 0 fully saturated rings. The number of nitrogens with zero attached hydrogens (tertiary/aromatic N) is 6. The van der Waals surface area contributed by atoms with Crippen molar-refractivity contribution in [3.8, 4) is 17.0 Å². The van der Waals surface area contributed by atoms with E-state index in [0.29, 0.717) is 36.0 Å². The van der Waals surface area contributed by atoms with E-state index in [1.807, 2.05) is 6.07 Å². The van der Waals surface area contributed by atoms with Gasteiger partial charge in [-0.3, -0.25) is 14.5 Å². The molecule has 8 nitrogen and oxygen atoms in total. The van der Waals surface area contributed by atoms with Crippen LogP contribution in [0.25, 0.3) is 22.0 Å². The van der Waals surface area contributed by atoms with Crippen molar-refractivity contribution in [3.05, 3.63) is 59.9 Å². The number of pyridine rings is 2. The number of aromatic nitrogens is 4. The molecule has 0 saturated heterocycles. The lowest BCUT2D eigenvalue weighted by Gasteiger charge is -2.23. The molecule has 0 spiro atoms. The van der Waals surface area contributed by atoms with Gasteiger partial charge in [0, 0.05) is 69.7 Å². The van der Waals surface area contributed by atoms with Crippen LogP contribution in [0.1, 0.15) is 16.1 Å². The molecule has 0 N–H and O–H groups in total. The topological polar surface area (TPSA) is 76.4 Å². The highest BCUT2D eigenvalue weighted by Crippen LogP contribution is 2.41. The minimum atomic E-state index is -0.330. The van der Waals surface area contributed by atoms with E-state index in [2.05, 4.69) is 10.1 Å². The average molecular weight is 446 g/mol. The molecule has 0 atom stereocenters. The van der Waals surface area contributed by atoms with Gasteiger partial charge >= 0.3 is 0 Å². The van der Waals surface area contributed by atoms with E-state index in [-0.39, 0.29) is 11.7 Å². The summed E-state index contributed by atoms with van der Waals surface area (Å²) in [5, 5.41) is 6.01. The first kappa shape index (κ1) is 20.9. The van der Waals surface area contributed by atoms with Crippen LogP contribution in [0, 0.1) is 5.82 Å². The predicted octanol–water partition coefficient (Wildman–Crippen LogP) is 3.57. The summed E-state index contributed by atoms with van der Waals surface area (Å²) in [7, 11) is 6.96. The van der Waals surface area contributed by atoms with Crippen molar-refractivity contribution in [1.82, 2.24) is 24.6 Å². The van der Waals surface area contributed by atoms with Crippen molar-refractivity contribution in [2.45, 2.75) is 6.42 Å². The van der Waals surface area contributed by atoms with Gasteiger partial charge in [0.25, 0.3) is 5.91 Å². The Hall–Kier alpha value is -4.01. The summed E-state index contributed by atoms with van der Waals surface area (Å²) >= 11 is 0. The van der Waals surface area contributed by atoms with Crippen molar-refractivity contribution in [3.63, 3.8) is 0 Å². The van der Waals surface area contributed by atoms with Crippen molar-refractivity contribution < 1.29 is 13.9 Å². The summed E-state index contributed by atoms with van der Waals surface area (Å²) in [5.41, 5.74) is 3.19. The minimum Gasteiger partial charge on any atom is -0.493 e. The Morgan fingerprint density at radius 1 is 1.15 bits per heavy atom. The molecule has 4 heterocycles. The summed E-state index contributed by atoms with van der Waals surface area (Å²) in [4.78, 5) is 24.6. The van der Waals surface area contributed by atoms with Crippen molar-refractivity contribution in [2.24, 2.45) is 7.05 Å². The molecule has 3 aromatic heterocycles. The Morgan fingerprint density at radius 3 is 2.76 bits per heavy atom. The standard InChI is InChI=1S/C24H23FN6O2/c1-29(2)24(32)19-11-20(31(4)28-19)16-13-27-23(17-12-26-9-7-14(16)17)30(3)22-15-8-10-33-21(15)6-5-18(22)25/h5-7,9,11-13H,8,10H2,1-4H3. The van der Waals surface area contributed by atoms with Crippen LogP contribution >= 0.6 is 0 Å². The highest BCUT2D eigenvalue weighted by molar-refractivity contribution is 6.03. The van der Waals surface area contributed by atoms with Crippen LogP contribution in [0.15, 0.2) is 42.9 Å². The van der Waals surface area contributed by atoms with Gasteiger partial charge in [-0.05, 0) is 29.7 Å². The van der Waals surface area contributed by atoms with E-state index in [1.165, 1.54) is 11.0 Å². The minimum absolute atomic E-state index is 0.178. The van der Waals surface area contributed by atoms with Gasteiger partial charge in [0.2, 0.25) is 0 Å². The molecule has 0 bridgehead atoms. The second-order valence-corrected chi connectivity index (χ2v) is 8.18. The molecule has 1 aliphatic rings. The predicted molar refractivity (Wildman–Crippen MR) is 123 cm³/mol. The van der Waals surface area contributed by atoms with E-state index in [9.17, 15) is 9.18 Å². The lowest BCUT2D eigenvalue weighted by molar-refractivity contribution is 0.0821. The summed E-state index contributed by atoms with van der Waals surface area (Å²) in [6.07, 6.45) is 5.79. The van der Waals surface area contributed by atoms with Crippen LogP contribution in [0.4, 0.5) is 15.9 Å². The van der Waals surface area contributed by atoms with Crippen LogP contribution < -0.4 is 9.64 Å². The fraction of sp³-hybridized carbons (Fsp3) is 0.250. The Labute approximate surface area is 190 Å². The second kappa shape index (κ2) is 7.84. The number of aryl methyl sites for hydroxylation is 1. The lowest BCUT2D eigenvalue weighted by Crippen LogP contribution is -2.22. The molecule has 168 valence electrons. The third kappa shape index (κ3) is 3.36. The normalized spacial score (nSPS) is 12.5. The van der Waals surface area contributed by atoms with Crippen molar-refractivity contribution in [2.75, 3.05) is 32.6 Å². The van der Waals surface area contributed by atoms with Gasteiger partial charge < -0.3 is 14.5 Å². The van der Waals surface area contributed by atoms with Gasteiger partial charge in [0.05, 0.1) is 18.0 Å². The zero-order chi connectivity index (χ0) is 23.3. The number of anilines is 2. The number of rotatable bonds is 4. The molecule has 0 unspecified atom stereocenters. The number of benzene rings is 1. The molecular weight excluding hydrogens is 423 g/mol. The van der Waals surface area contributed by atoms with Crippen molar-refractivity contribution >= 4 is 28.2 Å². The summed E-state index contributed by atoms with van der Waals surface area (Å²) in [6, 6.07) is 6.73. The molecule has 1 aliphatic heterocycles. The molecule has 9 heteroatoms. The highest BCUT2D eigenvalue weighted by Gasteiger charge is 2.25. The number of hydrogen-bond donors (Lipinski definition) is 0. The zero-order valence-corrected chi connectivity index (χ0v) is 18.8. The summed E-state index contributed by atoms with van der Waals surface area (Å²) in [5.74, 6) is 0.768. The van der Waals surface area contributed by atoms with Gasteiger partial charge in [-0.25, -0.2) is 9.37 Å². The van der Waals surface area contributed by atoms with E-state index >= 15 is 0 Å². The number of fused-ring (bicyclic) bond motifs is 2. The Bertz CT molecular complexity index is 1400. The summed E-state index contributed by atoms with van der Waals surface area (Å²) in [6.45, 7) is 0.531. The Kier molecular flexibility index (Phi) is 4.96. The van der Waals surface area contributed by atoms with Gasteiger partial charge in [0.1, 0.15) is 17.4 Å². The fourth-order valence-corrected chi connectivity index (χ4v) is 4.29. The van der Waals surface area contributed by atoms with Gasteiger partial charge in [-0.1, -0.05) is 0 Å². The largest absolute Gasteiger partial charge is 0.493 e. The van der Waals surface area contributed by atoms with Crippen LogP contribution in [-0.2, 0) is 13.5 Å². The third-order valence-corrected chi connectivity index (χ3v) is 5.90. The monoisotopic (exact) mass is 446 g/mol. The van der Waals surface area contributed by atoms with Crippen LogP contribution in [0.3, 0.4) is 0 Å². The maximum atomic E-state index is 14.9. The molecule has 0 radical (unpaired) electrons. The number of ether oxygens (including phenoxy) is 1. The highest BCUT2D eigenvalue weighted by atomic mass is 19.1. The quantitative estimate of drug-likeness (QED) is 0.477. The van der Waals surface area contributed by atoms with E-state index in [4.69, 9.17) is 9.72 Å². The molecule has 1 aromatic carbocycles. The number of halogens is 1. The first-order valence-electron chi connectivity index (χ1n) is 10.5. The first-order valence-corrected chi connectivity index (χ1v) is 10.5. The smallest absolute Gasteiger partial charge is 0.273 e. The molecule has 0 aliphatic carbocycles. The second-order valence-electron chi connectivity index (χ2n) is 8.18. The van der Waals surface area contributed by atoms with Gasteiger partial charge in [-0.15, -0.1) is 0 Å². The van der Waals surface area contributed by atoms with Crippen LogP contribution in [0.2, 0.25) is 0 Å². The summed E-state index contributed by atoms with van der Waals surface area (Å²) < 4.78 is 22.2. The zero-order valence-electron chi connectivity index (χ0n) is 18.8. The lowest BCUT2D eigenvalue weighted by atomic mass is 10.0. The van der Waals surface area contributed by atoms with E-state index in [0.717, 1.165) is 27.6 Å². The number of amides is 1.